The van der Waals surface area contributed by atoms with E-state index in [0.717, 1.165) is 66.7 Å². The van der Waals surface area contributed by atoms with E-state index in [4.69, 9.17) is 28.4 Å². The Morgan fingerprint density at radius 2 is 0.605 bits per heavy atom. The molecular formula is C36H46O6Si. The second kappa shape index (κ2) is 12.4. The van der Waals surface area contributed by atoms with Gasteiger partial charge in [-0.05, 0) is 113 Å². The molecule has 1 aliphatic carbocycles. The second-order valence-electron chi connectivity index (χ2n) is 11.5. The summed E-state index contributed by atoms with van der Waals surface area (Å²) in [4.78, 5) is 0. The van der Waals surface area contributed by atoms with Crippen LogP contribution in [0.4, 0.5) is 0 Å². The van der Waals surface area contributed by atoms with E-state index in [9.17, 15) is 0 Å². The Morgan fingerprint density at radius 3 is 0.791 bits per heavy atom. The highest BCUT2D eigenvalue weighted by molar-refractivity contribution is 7.15. The molecule has 3 aromatic rings. The number of rotatable bonds is 10. The van der Waals surface area contributed by atoms with Crippen LogP contribution in [0.25, 0.3) is 0 Å². The zero-order chi connectivity index (χ0) is 31.8. The van der Waals surface area contributed by atoms with E-state index in [2.05, 4.69) is 84.9 Å². The van der Waals surface area contributed by atoms with Crippen molar-refractivity contribution < 1.29 is 28.4 Å². The Kier molecular flexibility index (Phi) is 9.26. The zero-order valence-corrected chi connectivity index (χ0v) is 29.0. The molecule has 230 valence electrons. The standard InChI is InChI=1S/C36H46O6Si/c1-20-14-27(37-8)34(28(15-20)38-9)43(33-25(6)23(4)24(5)26(33)7,35-29(39-10)16-21(2)17-30(35)40-11)36-31(41-12)18-22(3)19-32(36)42-13/h14-19,33H,1-13H3. The molecule has 0 radical (unpaired) electrons. The van der Waals surface area contributed by atoms with Gasteiger partial charge in [0.2, 0.25) is 0 Å². The fourth-order valence-corrected chi connectivity index (χ4v) is 13.8. The summed E-state index contributed by atoms with van der Waals surface area (Å²) in [5.41, 5.74) is 8.13. The van der Waals surface area contributed by atoms with E-state index in [1.807, 2.05) is 0 Å². The molecule has 6 nitrogen and oxygen atoms in total. The molecule has 0 amide bonds. The van der Waals surface area contributed by atoms with Crippen LogP contribution in [0.3, 0.4) is 0 Å². The number of hydrogen-bond acceptors (Lipinski definition) is 6. The minimum Gasteiger partial charge on any atom is -0.497 e. The normalized spacial score (nSPS) is 13.9. The highest BCUT2D eigenvalue weighted by Crippen LogP contribution is 2.51. The van der Waals surface area contributed by atoms with Crippen LogP contribution in [-0.2, 0) is 0 Å². The third-order valence-corrected chi connectivity index (χ3v) is 14.8. The molecule has 0 unspecified atom stereocenters. The lowest BCUT2D eigenvalue weighted by Crippen LogP contribution is -2.71. The van der Waals surface area contributed by atoms with Crippen molar-refractivity contribution in [2.45, 2.75) is 54.0 Å². The van der Waals surface area contributed by atoms with Gasteiger partial charge in [0, 0.05) is 21.1 Å². The highest BCUT2D eigenvalue weighted by Gasteiger charge is 2.58. The average molecular weight is 603 g/mol. The summed E-state index contributed by atoms with van der Waals surface area (Å²) < 4.78 is 37.8. The molecule has 3 aromatic carbocycles. The first-order valence-corrected chi connectivity index (χ1v) is 16.6. The number of methoxy groups -OCH3 is 6. The van der Waals surface area contributed by atoms with E-state index < -0.39 is 8.07 Å². The molecule has 0 aliphatic heterocycles. The van der Waals surface area contributed by atoms with E-state index in [0.29, 0.717) is 0 Å². The molecule has 4 rings (SSSR count). The van der Waals surface area contributed by atoms with Crippen LogP contribution in [-0.4, -0.2) is 50.7 Å². The van der Waals surface area contributed by atoms with Gasteiger partial charge in [-0.15, -0.1) is 0 Å². The summed E-state index contributed by atoms with van der Waals surface area (Å²) in [6, 6.07) is 12.5. The summed E-state index contributed by atoms with van der Waals surface area (Å²) in [5, 5.41) is 2.90. The number of aryl methyl sites for hydroxylation is 3. The molecule has 7 heteroatoms. The Morgan fingerprint density at radius 1 is 0.395 bits per heavy atom. The van der Waals surface area contributed by atoms with Crippen LogP contribution in [0, 0.1) is 20.8 Å². The summed E-state index contributed by atoms with van der Waals surface area (Å²) in [6.07, 6.45) is 0. The molecular weight excluding hydrogens is 556 g/mol. The molecule has 0 aromatic heterocycles. The summed E-state index contributed by atoms with van der Waals surface area (Å²) in [7, 11) is 6.81. The fourth-order valence-electron chi connectivity index (χ4n) is 7.10. The molecule has 0 saturated carbocycles. The molecule has 0 heterocycles. The minimum atomic E-state index is -3.53. The van der Waals surface area contributed by atoms with Crippen LogP contribution in [0.2, 0.25) is 5.54 Å². The SMILES string of the molecule is COc1cc(C)cc(OC)c1[Si](c1c(OC)cc(C)cc1OC)(c1c(OC)cc(C)cc1OC)C1C(C)=C(C)C(C)=C1C. The molecule has 0 atom stereocenters. The van der Waals surface area contributed by atoms with Gasteiger partial charge in [-0.2, -0.15) is 0 Å². The number of ether oxygens (including phenoxy) is 6. The van der Waals surface area contributed by atoms with Gasteiger partial charge in [0.15, 0.2) is 8.07 Å². The topological polar surface area (TPSA) is 55.4 Å². The molecule has 0 spiro atoms. The van der Waals surface area contributed by atoms with Gasteiger partial charge in [0.05, 0.1) is 42.7 Å². The van der Waals surface area contributed by atoms with Gasteiger partial charge in [0.25, 0.3) is 0 Å². The van der Waals surface area contributed by atoms with Gasteiger partial charge in [-0.1, -0.05) is 11.1 Å². The summed E-state index contributed by atoms with van der Waals surface area (Å²) >= 11 is 0. The number of allylic oxidation sites excluding steroid dienone is 4. The van der Waals surface area contributed by atoms with Crippen LogP contribution in [0.5, 0.6) is 34.5 Å². The molecule has 43 heavy (non-hydrogen) atoms. The van der Waals surface area contributed by atoms with Crippen molar-refractivity contribution >= 4 is 23.6 Å². The predicted molar refractivity (Wildman–Crippen MR) is 178 cm³/mol. The second-order valence-corrected chi connectivity index (χ2v) is 15.2. The maximum Gasteiger partial charge on any atom is 0.187 e. The summed E-state index contributed by atoms with van der Waals surface area (Å²) in [6.45, 7) is 15.1. The first kappa shape index (κ1) is 32.1. The van der Waals surface area contributed by atoms with Crippen LogP contribution >= 0.6 is 0 Å². The Hall–Kier alpha value is -3.84. The maximum absolute atomic E-state index is 6.30. The first-order chi connectivity index (χ1) is 20.5. The third kappa shape index (κ3) is 4.97. The largest absolute Gasteiger partial charge is 0.497 e. The zero-order valence-electron chi connectivity index (χ0n) is 28.0. The highest BCUT2D eigenvalue weighted by atomic mass is 28.3. The quantitative estimate of drug-likeness (QED) is 0.204. The fraction of sp³-hybridized carbons (Fsp3) is 0.389. The van der Waals surface area contributed by atoms with Crippen molar-refractivity contribution in [2.75, 3.05) is 42.7 Å². The lowest BCUT2D eigenvalue weighted by Gasteiger charge is -2.44. The van der Waals surface area contributed by atoms with Crippen molar-refractivity contribution in [3.05, 3.63) is 75.4 Å². The average Bonchev–Trinajstić information content (AvgIpc) is 3.19. The molecule has 0 N–H and O–H groups in total. The number of hydrogen-bond donors (Lipinski definition) is 0. The number of benzene rings is 3. The van der Waals surface area contributed by atoms with Crippen molar-refractivity contribution in [1.29, 1.82) is 0 Å². The summed E-state index contributed by atoms with van der Waals surface area (Å²) in [5.74, 6) is 4.42. The lowest BCUT2D eigenvalue weighted by molar-refractivity contribution is 0.395. The lowest BCUT2D eigenvalue weighted by atomic mass is 10.1. The van der Waals surface area contributed by atoms with Crippen molar-refractivity contribution in [1.82, 2.24) is 0 Å². The van der Waals surface area contributed by atoms with Crippen LogP contribution in [0.1, 0.15) is 44.4 Å². The van der Waals surface area contributed by atoms with Crippen molar-refractivity contribution in [3.63, 3.8) is 0 Å². The van der Waals surface area contributed by atoms with Gasteiger partial charge in [-0.25, -0.2) is 0 Å². The van der Waals surface area contributed by atoms with E-state index in [-0.39, 0.29) is 5.54 Å². The maximum atomic E-state index is 6.30. The first-order valence-electron chi connectivity index (χ1n) is 14.5. The van der Waals surface area contributed by atoms with E-state index in [1.165, 1.54) is 22.3 Å². The molecule has 0 bridgehead atoms. The van der Waals surface area contributed by atoms with Crippen molar-refractivity contribution in [3.8, 4) is 34.5 Å². The van der Waals surface area contributed by atoms with Gasteiger partial charge >= 0.3 is 0 Å². The minimum absolute atomic E-state index is 0.0750. The van der Waals surface area contributed by atoms with Gasteiger partial charge in [-0.3, -0.25) is 0 Å². The third-order valence-electron chi connectivity index (χ3n) is 9.18. The van der Waals surface area contributed by atoms with Gasteiger partial charge < -0.3 is 28.4 Å². The Bertz CT molecular complexity index is 1370. The molecule has 0 saturated heterocycles. The van der Waals surface area contributed by atoms with Crippen LogP contribution < -0.4 is 44.0 Å². The van der Waals surface area contributed by atoms with Crippen molar-refractivity contribution in [2.24, 2.45) is 0 Å². The van der Waals surface area contributed by atoms with E-state index >= 15 is 0 Å². The van der Waals surface area contributed by atoms with E-state index in [1.54, 1.807) is 42.7 Å². The van der Waals surface area contributed by atoms with Gasteiger partial charge in [0.1, 0.15) is 34.5 Å². The van der Waals surface area contributed by atoms with Crippen LogP contribution in [0.15, 0.2) is 58.7 Å². The Labute approximate surface area is 258 Å². The molecule has 1 aliphatic rings. The molecule has 0 fully saturated rings. The monoisotopic (exact) mass is 602 g/mol. The predicted octanol–water partition coefficient (Wildman–Crippen LogP) is 6.19. The Balaban J connectivity index is 2.53. The smallest absolute Gasteiger partial charge is 0.187 e.